The molecule has 0 spiro atoms. The fraction of sp³-hybridized carbons (Fsp3) is 0.500. The van der Waals surface area contributed by atoms with E-state index in [-0.39, 0.29) is 35.6 Å². The van der Waals surface area contributed by atoms with Crippen molar-refractivity contribution < 1.29 is 9.18 Å². The minimum absolute atomic E-state index is 0. The molecule has 5 heteroatoms. The predicted octanol–water partition coefficient (Wildman–Crippen LogP) is 2.80. The molecule has 3 N–H and O–H groups in total. The van der Waals surface area contributed by atoms with Crippen molar-refractivity contribution >= 4 is 18.3 Å². The number of rotatable bonds is 4. The zero-order valence-corrected chi connectivity index (χ0v) is 12.4. The molecule has 0 radical (unpaired) electrons. The highest BCUT2D eigenvalue weighted by Gasteiger charge is 2.27. The van der Waals surface area contributed by atoms with E-state index in [9.17, 15) is 9.18 Å². The lowest BCUT2D eigenvalue weighted by molar-refractivity contribution is -0.122. The average molecular weight is 289 g/mol. The summed E-state index contributed by atoms with van der Waals surface area (Å²) in [6.45, 7) is 6.42. The Bertz CT molecular complexity index is 401. The molecule has 1 amide bonds. The number of hydrogen-bond acceptors (Lipinski definition) is 2. The van der Waals surface area contributed by atoms with E-state index in [2.05, 4.69) is 5.32 Å². The zero-order chi connectivity index (χ0) is 13.8. The molecule has 0 bridgehead atoms. The summed E-state index contributed by atoms with van der Waals surface area (Å²) in [6.07, 6.45) is 0.299. The quantitative estimate of drug-likeness (QED) is 0.895. The summed E-state index contributed by atoms with van der Waals surface area (Å²) in [5, 5.41) is 2.95. The Morgan fingerprint density at radius 1 is 1.32 bits per heavy atom. The second-order valence-electron chi connectivity index (χ2n) is 5.46. The summed E-state index contributed by atoms with van der Waals surface area (Å²) in [7, 11) is 0. The number of carbonyl (C=O) groups is 1. The Kier molecular flexibility index (Phi) is 7.01. The van der Waals surface area contributed by atoms with E-state index in [0.717, 1.165) is 5.56 Å². The first-order chi connectivity index (χ1) is 8.34. The van der Waals surface area contributed by atoms with E-state index in [4.69, 9.17) is 5.73 Å². The molecule has 1 aromatic carbocycles. The van der Waals surface area contributed by atoms with Crippen molar-refractivity contribution in [3.8, 4) is 0 Å². The highest BCUT2D eigenvalue weighted by Crippen LogP contribution is 2.32. The SMILES string of the molecule is CC(C)(C)C(NC(=O)CCN)c1ccc(F)cc1.Cl. The Labute approximate surface area is 120 Å². The summed E-state index contributed by atoms with van der Waals surface area (Å²) in [5.41, 5.74) is 6.11. The van der Waals surface area contributed by atoms with E-state index in [1.807, 2.05) is 20.8 Å². The first-order valence-corrected chi connectivity index (χ1v) is 6.09. The fourth-order valence-corrected chi connectivity index (χ4v) is 1.82. The molecule has 1 atom stereocenters. The topological polar surface area (TPSA) is 55.1 Å². The van der Waals surface area contributed by atoms with Crippen LogP contribution in [-0.4, -0.2) is 12.5 Å². The Hall–Kier alpha value is -1.13. The predicted molar refractivity (Wildman–Crippen MR) is 77.7 cm³/mol. The largest absolute Gasteiger partial charge is 0.349 e. The molecule has 0 fully saturated rings. The minimum Gasteiger partial charge on any atom is -0.349 e. The maximum Gasteiger partial charge on any atom is 0.221 e. The van der Waals surface area contributed by atoms with Gasteiger partial charge in [0.1, 0.15) is 5.82 Å². The number of amides is 1. The molecule has 0 aromatic heterocycles. The van der Waals surface area contributed by atoms with Gasteiger partial charge in [-0.15, -0.1) is 12.4 Å². The third-order valence-electron chi connectivity index (χ3n) is 2.75. The van der Waals surface area contributed by atoms with Crippen molar-refractivity contribution in [1.29, 1.82) is 0 Å². The van der Waals surface area contributed by atoms with Crippen molar-refractivity contribution in [1.82, 2.24) is 5.32 Å². The standard InChI is InChI=1S/C14H21FN2O.ClH/c1-14(2,3)13(17-12(18)8-9-16)10-4-6-11(15)7-5-10;/h4-7,13H,8-9,16H2,1-3H3,(H,17,18);1H. The van der Waals surface area contributed by atoms with E-state index in [0.29, 0.717) is 13.0 Å². The number of benzene rings is 1. The summed E-state index contributed by atoms with van der Waals surface area (Å²) in [4.78, 5) is 11.7. The molecule has 1 unspecified atom stereocenters. The highest BCUT2D eigenvalue weighted by atomic mass is 35.5. The van der Waals surface area contributed by atoms with E-state index < -0.39 is 0 Å². The molecule has 0 aliphatic heterocycles. The molecule has 1 aromatic rings. The molecule has 0 aliphatic rings. The lowest BCUT2D eigenvalue weighted by Gasteiger charge is -2.32. The monoisotopic (exact) mass is 288 g/mol. The average Bonchev–Trinajstić information content (AvgIpc) is 2.26. The van der Waals surface area contributed by atoms with Gasteiger partial charge in [0.05, 0.1) is 6.04 Å². The van der Waals surface area contributed by atoms with Gasteiger partial charge in [-0.1, -0.05) is 32.9 Å². The third kappa shape index (κ3) is 5.57. The second kappa shape index (κ2) is 7.46. The Balaban J connectivity index is 0.00000324. The van der Waals surface area contributed by atoms with Gasteiger partial charge in [0.15, 0.2) is 0 Å². The molecule has 3 nitrogen and oxygen atoms in total. The van der Waals surface area contributed by atoms with Crippen molar-refractivity contribution in [2.24, 2.45) is 11.1 Å². The maximum atomic E-state index is 12.9. The molecule has 19 heavy (non-hydrogen) atoms. The molecule has 0 saturated carbocycles. The molecule has 0 saturated heterocycles. The molecular formula is C14H22ClFN2O. The number of nitrogens with two attached hydrogens (primary N) is 1. The van der Waals surface area contributed by atoms with Crippen LogP contribution in [0, 0.1) is 11.2 Å². The van der Waals surface area contributed by atoms with Crippen LogP contribution in [0.3, 0.4) is 0 Å². The minimum atomic E-state index is -0.278. The number of carbonyl (C=O) groups excluding carboxylic acids is 1. The second-order valence-corrected chi connectivity index (χ2v) is 5.46. The third-order valence-corrected chi connectivity index (χ3v) is 2.75. The summed E-state index contributed by atoms with van der Waals surface area (Å²) < 4.78 is 12.9. The Morgan fingerprint density at radius 3 is 2.26 bits per heavy atom. The van der Waals surface area contributed by atoms with Gasteiger partial charge in [0, 0.05) is 13.0 Å². The van der Waals surface area contributed by atoms with Gasteiger partial charge in [0.2, 0.25) is 5.91 Å². The van der Waals surface area contributed by atoms with Crippen LogP contribution in [0.2, 0.25) is 0 Å². The van der Waals surface area contributed by atoms with Crippen LogP contribution in [-0.2, 0) is 4.79 Å². The zero-order valence-electron chi connectivity index (χ0n) is 11.6. The Morgan fingerprint density at radius 2 is 1.84 bits per heavy atom. The highest BCUT2D eigenvalue weighted by molar-refractivity contribution is 5.85. The summed E-state index contributed by atoms with van der Waals surface area (Å²) >= 11 is 0. The van der Waals surface area contributed by atoms with Gasteiger partial charge in [-0.2, -0.15) is 0 Å². The van der Waals surface area contributed by atoms with E-state index in [1.165, 1.54) is 12.1 Å². The van der Waals surface area contributed by atoms with E-state index in [1.54, 1.807) is 12.1 Å². The van der Waals surface area contributed by atoms with Gasteiger partial charge >= 0.3 is 0 Å². The van der Waals surface area contributed by atoms with Crippen molar-refractivity contribution in [2.45, 2.75) is 33.2 Å². The molecular weight excluding hydrogens is 267 g/mol. The van der Waals surface area contributed by atoms with Crippen molar-refractivity contribution in [2.75, 3.05) is 6.54 Å². The molecule has 0 aliphatic carbocycles. The molecule has 108 valence electrons. The smallest absolute Gasteiger partial charge is 0.221 e. The first-order valence-electron chi connectivity index (χ1n) is 6.09. The maximum absolute atomic E-state index is 12.9. The van der Waals surface area contributed by atoms with Gasteiger partial charge in [-0.25, -0.2) is 4.39 Å². The lowest BCUT2D eigenvalue weighted by atomic mass is 9.82. The van der Waals surface area contributed by atoms with Crippen molar-refractivity contribution in [3.63, 3.8) is 0 Å². The van der Waals surface area contributed by atoms with Crippen LogP contribution in [0.1, 0.15) is 38.8 Å². The first kappa shape index (κ1) is 17.9. The van der Waals surface area contributed by atoms with Crippen LogP contribution < -0.4 is 11.1 Å². The number of hydrogen-bond donors (Lipinski definition) is 2. The van der Waals surface area contributed by atoms with Gasteiger partial charge in [-0.3, -0.25) is 4.79 Å². The van der Waals surface area contributed by atoms with E-state index >= 15 is 0 Å². The van der Waals surface area contributed by atoms with Crippen LogP contribution in [0.4, 0.5) is 4.39 Å². The lowest BCUT2D eigenvalue weighted by Crippen LogP contribution is -2.37. The van der Waals surface area contributed by atoms with Crippen LogP contribution in [0.15, 0.2) is 24.3 Å². The van der Waals surface area contributed by atoms with Gasteiger partial charge < -0.3 is 11.1 Å². The molecule has 1 rings (SSSR count). The van der Waals surface area contributed by atoms with Crippen LogP contribution in [0.5, 0.6) is 0 Å². The normalized spacial score (nSPS) is 12.5. The molecule has 0 heterocycles. The van der Waals surface area contributed by atoms with Crippen LogP contribution in [0.25, 0.3) is 0 Å². The van der Waals surface area contributed by atoms with Gasteiger partial charge in [0.25, 0.3) is 0 Å². The summed E-state index contributed by atoms with van der Waals surface area (Å²) in [5.74, 6) is -0.360. The van der Waals surface area contributed by atoms with Crippen molar-refractivity contribution in [3.05, 3.63) is 35.6 Å². The van der Waals surface area contributed by atoms with Gasteiger partial charge in [-0.05, 0) is 23.1 Å². The number of halogens is 2. The fourth-order valence-electron chi connectivity index (χ4n) is 1.82. The van der Waals surface area contributed by atoms with Crippen LogP contribution >= 0.6 is 12.4 Å². The number of nitrogens with one attached hydrogen (secondary N) is 1. The summed E-state index contributed by atoms with van der Waals surface area (Å²) in [6, 6.07) is 6.06.